The smallest absolute Gasteiger partial charge is 0.240 e. The highest BCUT2D eigenvalue weighted by atomic mass is 16.2. The van der Waals surface area contributed by atoms with E-state index in [0.29, 0.717) is 5.71 Å². The molecule has 1 rings (SSSR count). The summed E-state index contributed by atoms with van der Waals surface area (Å²) >= 11 is 0. The molecular formula is C16H22N4O3. The van der Waals surface area contributed by atoms with Gasteiger partial charge < -0.3 is 11.1 Å². The zero-order chi connectivity index (χ0) is 17.4. The third-order valence-electron chi connectivity index (χ3n) is 3.05. The Kier molecular flexibility index (Phi) is 6.92. The Morgan fingerprint density at radius 3 is 2.43 bits per heavy atom. The average molecular weight is 318 g/mol. The van der Waals surface area contributed by atoms with Crippen LogP contribution < -0.4 is 16.5 Å². The summed E-state index contributed by atoms with van der Waals surface area (Å²) in [4.78, 5) is 34.1. The lowest BCUT2D eigenvalue weighted by molar-refractivity contribution is -0.124. The van der Waals surface area contributed by atoms with Crippen LogP contribution in [-0.4, -0.2) is 23.4 Å². The number of hydrazone groups is 1. The molecule has 0 aliphatic carbocycles. The van der Waals surface area contributed by atoms with Crippen molar-refractivity contribution in [1.29, 1.82) is 0 Å². The van der Waals surface area contributed by atoms with Crippen molar-refractivity contribution < 1.29 is 14.4 Å². The van der Waals surface area contributed by atoms with E-state index >= 15 is 0 Å². The van der Waals surface area contributed by atoms with Crippen molar-refractivity contribution >= 4 is 29.1 Å². The van der Waals surface area contributed by atoms with Crippen LogP contribution in [0.3, 0.4) is 0 Å². The highest BCUT2D eigenvalue weighted by Crippen LogP contribution is 2.16. The molecule has 1 aromatic carbocycles. The van der Waals surface area contributed by atoms with E-state index in [2.05, 4.69) is 15.8 Å². The first kappa shape index (κ1) is 18.3. The number of benzene rings is 1. The van der Waals surface area contributed by atoms with E-state index in [1.165, 1.54) is 0 Å². The van der Waals surface area contributed by atoms with Gasteiger partial charge in [-0.15, -0.1) is 0 Å². The van der Waals surface area contributed by atoms with Crippen molar-refractivity contribution in [3.63, 3.8) is 0 Å². The topological polar surface area (TPSA) is 114 Å². The Hall–Kier alpha value is -2.70. The van der Waals surface area contributed by atoms with Gasteiger partial charge in [-0.25, -0.2) is 5.43 Å². The van der Waals surface area contributed by atoms with Crippen LogP contribution in [0.5, 0.6) is 0 Å². The zero-order valence-corrected chi connectivity index (χ0v) is 13.6. The number of carbonyl (C=O) groups excluding carboxylic acids is 3. The molecule has 0 atom stereocenters. The van der Waals surface area contributed by atoms with Crippen LogP contribution in [0, 0.1) is 13.8 Å². The number of amides is 3. The van der Waals surface area contributed by atoms with Crippen LogP contribution in [0.25, 0.3) is 0 Å². The Morgan fingerprint density at radius 2 is 1.78 bits per heavy atom. The maximum Gasteiger partial charge on any atom is 0.240 e. The van der Waals surface area contributed by atoms with Gasteiger partial charge in [-0.05, 0) is 38.0 Å². The van der Waals surface area contributed by atoms with E-state index in [9.17, 15) is 14.4 Å². The summed E-state index contributed by atoms with van der Waals surface area (Å²) in [5.41, 5.74) is 10.4. The van der Waals surface area contributed by atoms with E-state index in [1.54, 1.807) is 6.92 Å². The molecule has 0 fully saturated rings. The summed E-state index contributed by atoms with van der Waals surface area (Å²) in [6, 6.07) is 5.77. The first-order valence-electron chi connectivity index (χ1n) is 7.25. The van der Waals surface area contributed by atoms with Gasteiger partial charge in [0, 0.05) is 24.2 Å². The molecule has 7 heteroatoms. The fourth-order valence-corrected chi connectivity index (χ4v) is 1.82. The number of nitrogens with two attached hydrogens (primary N) is 1. The number of hydrogen-bond donors (Lipinski definition) is 3. The summed E-state index contributed by atoms with van der Waals surface area (Å²) in [6.07, 6.45) is 0.0288. The van der Waals surface area contributed by atoms with Gasteiger partial charge in [0.1, 0.15) is 0 Å². The summed E-state index contributed by atoms with van der Waals surface area (Å²) in [7, 11) is 0. The molecule has 4 N–H and O–H groups in total. The average Bonchev–Trinajstić information content (AvgIpc) is 2.46. The fourth-order valence-electron chi connectivity index (χ4n) is 1.82. The standard InChI is InChI=1S/C16H22N4O3/c1-10-4-5-11(2)13(8-10)18-15(22)6-7-16(23)20-19-12(3)9-14(17)21/h4-5,8H,6-7,9H2,1-3H3,(H2,17,21)(H,18,22)(H,20,23)/b19-12+. The molecule has 0 aliphatic rings. The van der Waals surface area contributed by atoms with Crippen molar-refractivity contribution in [1.82, 2.24) is 5.43 Å². The number of anilines is 1. The molecule has 0 saturated carbocycles. The van der Waals surface area contributed by atoms with Crippen molar-refractivity contribution in [2.24, 2.45) is 10.8 Å². The second-order valence-corrected chi connectivity index (χ2v) is 5.39. The van der Waals surface area contributed by atoms with Gasteiger partial charge in [0.15, 0.2) is 0 Å². The molecule has 3 amide bonds. The Labute approximate surface area is 135 Å². The van der Waals surface area contributed by atoms with Gasteiger partial charge in [0.05, 0.1) is 6.42 Å². The highest BCUT2D eigenvalue weighted by Gasteiger charge is 2.08. The first-order chi connectivity index (χ1) is 10.8. The minimum absolute atomic E-state index is 0.00402. The second-order valence-electron chi connectivity index (χ2n) is 5.39. The van der Waals surface area contributed by atoms with Gasteiger partial charge in [-0.3, -0.25) is 14.4 Å². The molecule has 0 aliphatic heterocycles. The van der Waals surface area contributed by atoms with E-state index < -0.39 is 11.8 Å². The van der Waals surface area contributed by atoms with Crippen LogP contribution in [-0.2, 0) is 14.4 Å². The monoisotopic (exact) mass is 318 g/mol. The SMILES string of the molecule is C/C(CC(N)=O)=N\NC(=O)CCC(=O)Nc1cc(C)ccc1C. The quantitative estimate of drug-likeness (QED) is 0.521. The lowest BCUT2D eigenvalue weighted by Crippen LogP contribution is -2.23. The number of nitrogens with one attached hydrogen (secondary N) is 2. The Bertz CT molecular complexity index is 638. The van der Waals surface area contributed by atoms with Gasteiger partial charge in [-0.1, -0.05) is 12.1 Å². The predicted octanol–water partition coefficient (Wildman–Crippen LogP) is 1.39. The summed E-state index contributed by atoms with van der Waals surface area (Å²) in [5.74, 6) is -1.16. The number of aryl methyl sites for hydroxylation is 2. The summed E-state index contributed by atoms with van der Waals surface area (Å²) in [5, 5.41) is 6.52. The van der Waals surface area contributed by atoms with Crippen molar-refractivity contribution in [3.05, 3.63) is 29.3 Å². The van der Waals surface area contributed by atoms with Gasteiger partial charge in [0.25, 0.3) is 0 Å². The van der Waals surface area contributed by atoms with Gasteiger partial charge in [-0.2, -0.15) is 5.10 Å². The zero-order valence-electron chi connectivity index (χ0n) is 13.6. The number of rotatable bonds is 7. The van der Waals surface area contributed by atoms with Crippen molar-refractivity contribution in [3.8, 4) is 0 Å². The Balaban J connectivity index is 2.42. The molecule has 124 valence electrons. The number of hydrogen-bond acceptors (Lipinski definition) is 4. The van der Waals surface area contributed by atoms with Gasteiger partial charge >= 0.3 is 0 Å². The molecule has 0 unspecified atom stereocenters. The van der Waals surface area contributed by atoms with Crippen LogP contribution in [0.15, 0.2) is 23.3 Å². The maximum atomic E-state index is 11.9. The van der Waals surface area contributed by atoms with Crippen LogP contribution >= 0.6 is 0 Å². The molecule has 0 bridgehead atoms. The third-order valence-corrected chi connectivity index (χ3v) is 3.05. The number of carbonyl (C=O) groups is 3. The van der Waals surface area contributed by atoms with E-state index in [0.717, 1.165) is 16.8 Å². The van der Waals surface area contributed by atoms with Crippen LogP contribution in [0.2, 0.25) is 0 Å². The maximum absolute atomic E-state index is 11.9. The summed E-state index contributed by atoms with van der Waals surface area (Å²) in [6.45, 7) is 5.42. The molecule has 0 aromatic heterocycles. The molecule has 0 saturated heterocycles. The van der Waals surface area contributed by atoms with E-state index in [4.69, 9.17) is 5.73 Å². The fraction of sp³-hybridized carbons (Fsp3) is 0.375. The number of nitrogens with zero attached hydrogens (tertiary/aromatic N) is 1. The largest absolute Gasteiger partial charge is 0.369 e. The minimum Gasteiger partial charge on any atom is -0.369 e. The van der Waals surface area contributed by atoms with Gasteiger partial charge in [0.2, 0.25) is 17.7 Å². The van der Waals surface area contributed by atoms with Crippen molar-refractivity contribution in [2.45, 2.75) is 40.0 Å². The lowest BCUT2D eigenvalue weighted by atomic mass is 10.1. The molecule has 23 heavy (non-hydrogen) atoms. The molecule has 1 aromatic rings. The third kappa shape index (κ3) is 7.21. The molecular weight excluding hydrogens is 296 g/mol. The normalized spacial score (nSPS) is 11.0. The first-order valence-corrected chi connectivity index (χ1v) is 7.25. The Morgan fingerprint density at radius 1 is 1.13 bits per heavy atom. The molecule has 7 nitrogen and oxygen atoms in total. The van der Waals surface area contributed by atoms with Crippen LogP contribution in [0.1, 0.15) is 37.3 Å². The van der Waals surface area contributed by atoms with Crippen molar-refractivity contribution in [2.75, 3.05) is 5.32 Å². The second kappa shape index (κ2) is 8.67. The lowest BCUT2D eigenvalue weighted by Gasteiger charge is -2.09. The minimum atomic E-state index is -0.520. The number of primary amides is 1. The molecule has 0 spiro atoms. The van der Waals surface area contributed by atoms with E-state index in [1.807, 2.05) is 32.0 Å². The molecule has 0 radical (unpaired) electrons. The molecule has 0 heterocycles. The van der Waals surface area contributed by atoms with E-state index in [-0.39, 0.29) is 25.2 Å². The van der Waals surface area contributed by atoms with Crippen LogP contribution in [0.4, 0.5) is 5.69 Å². The predicted molar refractivity (Wildman–Crippen MR) is 88.8 cm³/mol. The summed E-state index contributed by atoms with van der Waals surface area (Å²) < 4.78 is 0. The highest BCUT2D eigenvalue weighted by molar-refractivity contribution is 5.99.